The summed E-state index contributed by atoms with van der Waals surface area (Å²) in [6.07, 6.45) is 0.555. The largest absolute Gasteiger partial charge is 0.423 e. The van der Waals surface area contributed by atoms with Gasteiger partial charge in [0.15, 0.2) is 11.6 Å². The van der Waals surface area contributed by atoms with Crippen LogP contribution in [0.1, 0.15) is 39.2 Å². The molecule has 6 N–H and O–H groups in total. The lowest BCUT2D eigenvalue weighted by Gasteiger charge is -2.37. The fourth-order valence-electron chi connectivity index (χ4n) is 4.48. The Morgan fingerprint density at radius 1 is 1.00 bits per heavy atom. The molecule has 0 saturated carbocycles. The van der Waals surface area contributed by atoms with Crippen LogP contribution in [0.15, 0.2) is 82.8 Å². The van der Waals surface area contributed by atoms with Crippen LogP contribution >= 0.6 is 11.8 Å². The summed E-state index contributed by atoms with van der Waals surface area (Å²) in [5.74, 6) is 1.59. The lowest BCUT2D eigenvalue weighted by Crippen LogP contribution is -2.47. The number of hydrogen-bond acceptors (Lipinski definition) is 8. The number of amidine groups is 1. The molecule has 218 valence electrons. The summed E-state index contributed by atoms with van der Waals surface area (Å²) in [5, 5.41) is 18.2. The Morgan fingerprint density at radius 2 is 1.68 bits per heavy atom. The summed E-state index contributed by atoms with van der Waals surface area (Å²) in [6, 6.07) is 20.7. The third kappa shape index (κ3) is 7.93. The predicted molar refractivity (Wildman–Crippen MR) is 164 cm³/mol. The van der Waals surface area contributed by atoms with Crippen LogP contribution in [0.3, 0.4) is 0 Å². The topological polar surface area (TPSA) is 155 Å². The fourth-order valence-corrected chi connectivity index (χ4v) is 7.28. The molecule has 0 bridgehead atoms. The maximum Gasteiger partial charge on any atom is 0.413 e. The van der Waals surface area contributed by atoms with Crippen molar-refractivity contribution < 1.29 is 23.2 Å². The minimum Gasteiger partial charge on any atom is -0.423 e. The van der Waals surface area contributed by atoms with Crippen LogP contribution in [0.4, 0.5) is 16.2 Å². The fraction of sp³-hybridized carbons (Fsp3) is 0.310. The molecule has 3 aromatic carbocycles. The van der Waals surface area contributed by atoms with Crippen molar-refractivity contribution in [1.29, 1.82) is 0 Å². The van der Waals surface area contributed by atoms with Crippen molar-refractivity contribution in [3.8, 4) is 11.1 Å². The number of oxime groups is 1. The number of thioether (sulfide) groups is 1. The number of nitrogens with one attached hydrogen (secondary N) is 3. The van der Waals surface area contributed by atoms with E-state index in [-0.39, 0.29) is 10.7 Å². The number of nitrogens with zero attached hydrogens (tertiary/aromatic N) is 1. The molecule has 41 heavy (non-hydrogen) atoms. The van der Waals surface area contributed by atoms with Gasteiger partial charge in [-0.1, -0.05) is 47.6 Å². The number of hydrogen-bond donors (Lipinski definition) is 5. The SMILES string of the molecule is CC(C)(C)NS(=O)(=O)c1ccccc1-c1ccc(NC(=O)OC2(Nc3cccc(C(N)=NO)c3)CCSCC2)cc1. The van der Waals surface area contributed by atoms with Gasteiger partial charge in [0.05, 0.1) is 4.90 Å². The highest BCUT2D eigenvalue weighted by molar-refractivity contribution is 7.99. The van der Waals surface area contributed by atoms with E-state index in [2.05, 4.69) is 20.5 Å². The zero-order valence-corrected chi connectivity index (χ0v) is 24.8. The highest BCUT2D eigenvalue weighted by atomic mass is 32.2. The van der Waals surface area contributed by atoms with Crippen LogP contribution < -0.4 is 21.1 Å². The minimum atomic E-state index is -3.76. The molecule has 1 heterocycles. The molecule has 1 aliphatic rings. The van der Waals surface area contributed by atoms with Gasteiger partial charge in [0.25, 0.3) is 0 Å². The Morgan fingerprint density at radius 3 is 2.34 bits per heavy atom. The van der Waals surface area contributed by atoms with Crippen molar-refractivity contribution in [1.82, 2.24) is 4.72 Å². The third-order valence-electron chi connectivity index (χ3n) is 6.29. The normalized spacial score (nSPS) is 15.6. The first-order valence-electron chi connectivity index (χ1n) is 13.1. The number of ether oxygens (including phenoxy) is 1. The molecule has 3 aromatic rings. The first kappa shape index (κ1) is 30.2. The second-order valence-electron chi connectivity index (χ2n) is 10.7. The minimum absolute atomic E-state index is 0.0188. The summed E-state index contributed by atoms with van der Waals surface area (Å²) in [5.41, 5.74) is 7.11. The molecule has 0 radical (unpaired) electrons. The Hall–Kier alpha value is -3.74. The van der Waals surface area contributed by atoms with Crippen LogP contribution in [-0.2, 0) is 14.8 Å². The number of rotatable bonds is 8. The Kier molecular flexibility index (Phi) is 9.15. The molecule has 12 heteroatoms. The number of carbonyl (C=O) groups excluding carboxylic acids is 1. The standard InChI is InChI=1S/C29H35N5O5S2/c1-28(2,3)34-41(37,38)25-10-5-4-9-24(25)20-11-13-22(14-12-20)31-27(35)39-29(15-17-40-18-16-29)32-23-8-6-7-21(19-23)26(30)33-36/h4-14,19,32,34,36H,15-18H2,1-3H3,(H2,30,33)(H,31,35). The number of benzene rings is 3. The van der Waals surface area contributed by atoms with Crippen molar-refractivity contribution in [2.45, 2.75) is 49.8 Å². The van der Waals surface area contributed by atoms with Crippen molar-refractivity contribution in [3.05, 3.63) is 78.4 Å². The van der Waals surface area contributed by atoms with Gasteiger partial charge in [-0.25, -0.2) is 17.9 Å². The molecular formula is C29H35N5O5S2. The van der Waals surface area contributed by atoms with Gasteiger partial charge in [-0.2, -0.15) is 11.8 Å². The number of amides is 1. The van der Waals surface area contributed by atoms with E-state index in [9.17, 15) is 13.2 Å². The van der Waals surface area contributed by atoms with E-state index in [4.69, 9.17) is 15.7 Å². The Balaban J connectivity index is 1.49. The van der Waals surface area contributed by atoms with Crippen molar-refractivity contribution in [2.75, 3.05) is 22.1 Å². The van der Waals surface area contributed by atoms with Gasteiger partial charge in [0, 0.05) is 40.9 Å². The second kappa shape index (κ2) is 12.4. The maximum absolute atomic E-state index is 13.1. The molecule has 1 aliphatic heterocycles. The van der Waals surface area contributed by atoms with E-state index < -0.39 is 27.4 Å². The molecule has 1 saturated heterocycles. The highest BCUT2D eigenvalue weighted by Gasteiger charge is 2.36. The molecule has 1 amide bonds. The molecule has 0 atom stereocenters. The van der Waals surface area contributed by atoms with E-state index >= 15 is 0 Å². The lowest BCUT2D eigenvalue weighted by molar-refractivity contribution is 0.0354. The monoisotopic (exact) mass is 597 g/mol. The van der Waals surface area contributed by atoms with E-state index in [0.717, 1.165) is 11.5 Å². The van der Waals surface area contributed by atoms with Crippen LogP contribution in [0.2, 0.25) is 0 Å². The van der Waals surface area contributed by atoms with Gasteiger partial charge in [-0.3, -0.25) is 5.32 Å². The predicted octanol–water partition coefficient (Wildman–Crippen LogP) is 5.41. The molecule has 0 aliphatic carbocycles. The summed E-state index contributed by atoms with van der Waals surface area (Å²) in [4.78, 5) is 13.2. The number of sulfonamides is 1. The summed E-state index contributed by atoms with van der Waals surface area (Å²) in [6.45, 7) is 5.37. The Bertz CT molecular complexity index is 1510. The van der Waals surface area contributed by atoms with Crippen LogP contribution in [-0.4, -0.2) is 48.3 Å². The summed E-state index contributed by atoms with van der Waals surface area (Å²) in [7, 11) is -3.76. The smallest absolute Gasteiger partial charge is 0.413 e. The van der Waals surface area contributed by atoms with Crippen molar-refractivity contribution in [2.24, 2.45) is 10.9 Å². The van der Waals surface area contributed by atoms with Crippen molar-refractivity contribution in [3.63, 3.8) is 0 Å². The van der Waals surface area contributed by atoms with Gasteiger partial charge in [-0.15, -0.1) is 0 Å². The Labute approximate surface area is 244 Å². The average Bonchev–Trinajstić information content (AvgIpc) is 2.92. The second-order valence-corrected chi connectivity index (χ2v) is 13.6. The third-order valence-corrected chi connectivity index (χ3v) is 9.09. The molecule has 0 spiro atoms. The zero-order valence-electron chi connectivity index (χ0n) is 23.2. The lowest BCUT2D eigenvalue weighted by atomic mass is 10.1. The van der Waals surface area contributed by atoms with Gasteiger partial charge in [-0.05, 0) is 68.2 Å². The van der Waals surface area contributed by atoms with Crippen LogP contribution in [0.5, 0.6) is 0 Å². The van der Waals surface area contributed by atoms with Gasteiger partial charge in [0.2, 0.25) is 10.0 Å². The maximum atomic E-state index is 13.1. The molecule has 10 nitrogen and oxygen atoms in total. The van der Waals surface area contributed by atoms with Crippen LogP contribution in [0.25, 0.3) is 11.1 Å². The highest BCUT2D eigenvalue weighted by Crippen LogP contribution is 2.33. The molecule has 1 fully saturated rings. The number of nitrogens with two attached hydrogens (primary N) is 1. The quantitative estimate of drug-likeness (QED) is 0.0759. The van der Waals surface area contributed by atoms with Crippen LogP contribution in [0, 0.1) is 0 Å². The average molecular weight is 598 g/mol. The van der Waals surface area contributed by atoms with Gasteiger partial charge >= 0.3 is 6.09 Å². The number of carbonyl (C=O) groups is 1. The number of anilines is 2. The van der Waals surface area contributed by atoms with E-state index in [1.807, 2.05) is 6.07 Å². The summed E-state index contributed by atoms with van der Waals surface area (Å²) >= 11 is 1.78. The molecule has 0 aromatic heterocycles. The van der Waals surface area contributed by atoms with Crippen molar-refractivity contribution >= 4 is 45.1 Å². The van der Waals surface area contributed by atoms with E-state index in [0.29, 0.717) is 40.9 Å². The van der Waals surface area contributed by atoms with E-state index in [1.54, 1.807) is 99.3 Å². The molecule has 4 rings (SSSR count). The first-order chi connectivity index (χ1) is 19.4. The molecule has 0 unspecified atom stereocenters. The molecular weight excluding hydrogens is 562 g/mol. The first-order valence-corrected chi connectivity index (χ1v) is 15.7. The van der Waals surface area contributed by atoms with Gasteiger partial charge < -0.3 is 21.0 Å². The van der Waals surface area contributed by atoms with E-state index in [1.165, 1.54) is 0 Å². The van der Waals surface area contributed by atoms with Gasteiger partial charge in [0.1, 0.15) is 0 Å². The summed E-state index contributed by atoms with van der Waals surface area (Å²) < 4.78 is 34.8. The zero-order chi connectivity index (χ0) is 29.7.